The van der Waals surface area contributed by atoms with Crippen molar-refractivity contribution in [3.8, 4) is 11.5 Å². The van der Waals surface area contributed by atoms with E-state index in [0.29, 0.717) is 5.75 Å². The van der Waals surface area contributed by atoms with Gasteiger partial charge in [0, 0.05) is 5.56 Å². The Morgan fingerprint density at radius 2 is 1.50 bits per heavy atom. The Hall–Kier alpha value is -1.18. The van der Waals surface area contributed by atoms with Crippen molar-refractivity contribution in [3.63, 3.8) is 0 Å². The van der Waals surface area contributed by atoms with E-state index in [1.54, 1.807) is 0 Å². The highest BCUT2D eigenvalue weighted by Crippen LogP contribution is 2.42. The van der Waals surface area contributed by atoms with E-state index in [0.717, 1.165) is 53.9 Å². The molecule has 0 unspecified atom stereocenters. The van der Waals surface area contributed by atoms with Gasteiger partial charge in [-0.1, -0.05) is 72.6 Å². The van der Waals surface area contributed by atoms with Crippen LogP contribution in [0.25, 0.3) is 0 Å². The fourth-order valence-electron chi connectivity index (χ4n) is 5.05. The van der Waals surface area contributed by atoms with Gasteiger partial charge in [-0.05, 0) is 81.4 Å². The first-order valence-electron chi connectivity index (χ1n) is 12.6. The van der Waals surface area contributed by atoms with E-state index in [2.05, 4.69) is 41.5 Å². The summed E-state index contributed by atoms with van der Waals surface area (Å²) in [5, 5.41) is 10.1. The smallest absolute Gasteiger partial charge is 0.126 e. The quantitative estimate of drug-likeness (QED) is 0.370. The van der Waals surface area contributed by atoms with Crippen LogP contribution in [0, 0.1) is 31.6 Å². The number of benzene rings is 1. The van der Waals surface area contributed by atoms with Gasteiger partial charge < -0.3 is 9.84 Å². The van der Waals surface area contributed by atoms with Crippen molar-refractivity contribution in [3.05, 3.63) is 22.8 Å². The molecule has 0 saturated heterocycles. The van der Waals surface area contributed by atoms with Gasteiger partial charge in [0.15, 0.2) is 0 Å². The Balaban J connectivity index is 1.69. The summed E-state index contributed by atoms with van der Waals surface area (Å²) in [6.07, 6.45) is 14.1. The van der Waals surface area contributed by atoms with Crippen molar-refractivity contribution in [2.75, 3.05) is 0 Å². The number of rotatable bonds is 12. The molecule has 1 aliphatic heterocycles. The average molecular weight is 417 g/mol. The Kier molecular flexibility index (Phi) is 9.57. The lowest BCUT2D eigenvalue weighted by Crippen LogP contribution is -2.37. The van der Waals surface area contributed by atoms with E-state index in [4.69, 9.17) is 4.74 Å². The van der Waals surface area contributed by atoms with Gasteiger partial charge in [0.25, 0.3) is 0 Å². The first-order chi connectivity index (χ1) is 14.1. The maximum Gasteiger partial charge on any atom is 0.126 e. The third-order valence-electron chi connectivity index (χ3n) is 7.35. The number of phenolic OH excluding ortho intramolecular Hbond substituents is 1. The van der Waals surface area contributed by atoms with Gasteiger partial charge in [-0.15, -0.1) is 0 Å². The highest BCUT2D eigenvalue weighted by molar-refractivity contribution is 5.53. The molecular formula is C28H48O2. The Bertz CT molecular complexity index is 663. The first kappa shape index (κ1) is 25.1. The predicted octanol–water partition coefficient (Wildman–Crippen LogP) is 8.53. The molecule has 3 atom stereocenters. The summed E-state index contributed by atoms with van der Waals surface area (Å²) in [4.78, 5) is 0. The van der Waals surface area contributed by atoms with Crippen LogP contribution in [0.3, 0.4) is 0 Å². The van der Waals surface area contributed by atoms with Crippen molar-refractivity contribution in [2.45, 2.75) is 125 Å². The van der Waals surface area contributed by atoms with Gasteiger partial charge in [0.1, 0.15) is 17.1 Å². The van der Waals surface area contributed by atoms with Crippen LogP contribution in [0.5, 0.6) is 11.5 Å². The van der Waals surface area contributed by atoms with E-state index in [1.165, 1.54) is 56.9 Å². The standard InChI is InChI=1S/C28H48O2/c1-20(2)11-8-12-21(3)13-9-14-22(4)15-10-17-28(7)18-16-25-24(6)26(29)19-23(5)27(25)30-28/h19-22,29H,8-18H2,1-7H3/t21-,22+,28-/m1/s1. The van der Waals surface area contributed by atoms with Crippen molar-refractivity contribution >= 4 is 0 Å². The van der Waals surface area contributed by atoms with Gasteiger partial charge in [0.05, 0.1) is 0 Å². The molecule has 0 spiro atoms. The molecule has 2 nitrogen and oxygen atoms in total. The predicted molar refractivity (Wildman–Crippen MR) is 130 cm³/mol. The fraction of sp³-hybridized carbons (Fsp3) is 0.786. The Morgan fingerprint density at radius 3 is 2.10 bits per heavy atom. The van der Waals surface area contributed by atoms with Crippen LogP contribution in [0.2, 0.25) is 0 Å². The van der Waals surface area contributed by atoms with Crippen LogP contribution in [-0.4, -0.2) is 10.7 Å². The van der Waals surface area contributed by atoms with Crippen molar-refractivity contribution in [1.82, 2.24) is 0 Å². The molecule has 2 rings (SSSR count). The van der Waals surface area contributed by atoms with Crippen LogP contribution in [0.15, 0.2) is 6.07 Å². The topological polar surface area (TPSA) is 29.5 Å². The van der Waals surface area contributed by atoms with Crippen molar-refractivity contribution in [1.29, 1.82) is 0 Å². The lowest BCUT2D eigenvalue weighted by atomic mass is 9.84. The minimum Gasteiger partial charge on any atom is -0.508 e. The van der Waals surface area contributed by atoms with E-state index in [1.807, 2.05) is 13.0 Å². The molecular weight excluding hydrogens is 368 g/mol. The third-order valence-corrected chi connectivity index (χ3v) is 7.35. The van der Waals surface area contributed by atoms with Gasteiger partial charge in [-0.3, -0.25) is 0 Å². The van der Waals surface area contributed by atoms with E-state index in [-0.39, 0.29) is 5.60 Å². The SMILES string of the molecule is Cc1cc(O)c(C)c2c1O[C@](C)(CCC[C@@H](C)CCC[C@H](C)CCCC(C)C)CC2. The monoisotopic (exact) mass is 416 g/mol. The number of fused-ring (bicyclic) bond motifs is 1. The van der Waals surface area contributed by atoms with Gasteiger partial charge in [-0.25, -0.2) is 0 Å². The summed E-state index contributed by atoms with van der Waals surface area (Å²) >= 11 is 0. The molecule has 0 fully saturated rings. The Morgan fingerprint density at radius 1 is 0.933 bits per heavy atom. The number of hydrogen-bond donors (Lipinski definition) is 1. The van der Waals surface area contributed by atoms with Crippen LogP contribution in [0.4, 0.5) is 0 Å². The molecule has 1 N–H and O–H groups in total. The van der Waals surface area contributed by atoms with E-state index in [9.17, 15) is 5.11 Å². The maximum atomic E-state index is 10.1. The second-order valence-electron chi connectivity index (χ2n) is 11.1. The molecule has 0 radical (unpaired) electrons. The summed E-state index contributed by atoms with van der Waals surface area (Å²) in [5.41, 5.74) is 3.20. The van der Waals surface area contributed by atoms with Gasteiger partial charge >= 0.3 is 0 Å². The molecule has 0 bridgehead atoms. The Labute approximate surface area is 186 Å². The molecule has 1 aromatic rings. The summed E-state index contributed by atoms with van der Waals surface area (Å²) in [5.74, 6) is 3.98. The van der Waals surface area contributed by atoms with Crippen molar-refractivity contribution < 1.29 is 9.84 Å². The highest BCUT2D eigenvalue weighted by Gasteiger charge is 2.33. The summed E-state index contributed by atoms with van der Waals surface area (Å²) in [6.45, 7) is 15.9. The second-order valence-corrected chi connectivity index (χ2v) is 11.1. The number of ether oxygens (including phenoxy) is 1. The molecule has 1 aliphatic rings. The molecule has 2 heteroatoms. The minimum atomic E-state index is -0.0637. The third kappa shape index (κ3) is 7.50. The molecule has 1 aromatic carbocycles. The van der Waals surface area contributed by atoms with Gasteiger partial charge in [0.2, 0.25) is 0 Å². The number of phenols is 1. The first-order valence-corrected chi connectivity index (χ1v) is 12.6. The van der Waals surface area contributed by atoms with Gasteiger partial charge in [-0.2, -0.15) is 0 Å². The number of aryl methyl sites for hydroxylation is 1. The molecule has 0 aromatic heterocycles. The second kappa shape index (κ2) is 11.4. The van der Waals surface area contributed by atoms with Crippen LogP contribution in [-0.2, 0) is 6.42 Å². The van der Waals surface area contributed by atoms with E-state index < -0.39 is 0 Å². The normalized spacial score (nSPS) is 20.7. The van der Waals surface area contributed by atoms with E-state index >= 15 is 0 Å². The summed E-state index contributed by atoms with van der Waals surface area (Å²) in [7, 11) is 0. The zero-order valence-electron chi connectivity index (χ0n) is 20.9. The zero-order chi connectivity index (χ0) is 22.3. The molecule has 0 aliphatic carbocycles. The number of hydrogen-bond acceptors (Lipinski definition) is 2. The zero-order valence-corrected chi connectivity index (χ0v) is 20.9. The minimum absolute atomic E-state index is 0.0637. The average Bonchev–Trinajstić information content (AvgIpc) is 2.66. The molecule has 30 heavy (non-hydrogen) atoms. The lowest BCUT2D eigenvalue weighted by molar-refractivity contribution is 0.0512. The summed E-state index contributed by atoms with van der Waals surface area (Å²) in [6, 6.07) is 1.85. The van der Waals surface area contributed by atoms with Crippen LogP contribution in [0.1, 0.15) is 116 Å². The number of aromatic hydroxyl groups is 1. The van der Waals surface area contributed by atoms with Crippen LogP contribution >= 0.6 is 0 Å². The fourth-order valence-corrected chi connectivity index (χ4v) is 5.05. The largest absolute Gasteiger partial charge is 0.508 e. The van der Waals surface area contributed by atoms with Crippen LogP contribution < -0.4 is 4.74 Å². The summed E-state index contributed by atoms with van der Waals surface area (Å²) < 4.78 is 6.52. The molecule has 1 heterocycles. The lowest BCUT2D eigenvalue weighted by Gasteiger charge is -2.37. The van der Waals surface area contributed by atoms with Crippen molar-refractivity contribution in [2.24, 2.45) is 17.8 Å². The maximum absolute atomic E-state index is 10.1. The molecule has 0 saturated carbocycles. The molecule has 0 amide bonds. The highest BCUT2D eigenvalue weighted by atomic mass is 16.5. The molecule has 172 valence electrons.